The number of nitrogens with one attached hydrogen (secondary N) is 2. The lowest BCUT2D eigenvalue weighted by Gasteiger charge is -2.17. The molecule has 0 saturated heterocycles. The Morgan fingerprint density at radius 3 is 2.58 bits per heavy atom. The molecule has 1 aromatic carbocycles. The number of para-hydroxylation sites is 1. The van der Waals surface area contributed by atoms with E-state index < -0.39 is 5.82 Å². The van der Waals surface area contributed by atoms with Crippen molar-refractivity contribution in [2.24, 2.45) is 0 Å². The summed E-state index contributed by atoms with van der Waals surface area (Å²) in [5.74, 6) is -0.649. The highest BCUT2D eigenvalue weighted by atomic mass is 19.1. The van der Waals surface area contributed by atoms with Crippen LogP contribution in [0, 0.1) is 5.82 Å². The predicted octanol–water partition coefficient (Wildman–Crippen LogP) is 1.70. The van der Waals surface area contributed by atoms with Crippen LogP contribution in [0.25, 0.3) is 0 Å². The van der Waals surface area contributed by atoms with Crippen molar-refractivity contribution < 1.29 is 9.18 Å². The van der Waals surface area contributed by atoms with Gasteiger partial charge in [-0.1, -0.05) is 26.0 Å². The predicted molar refractivity (Wildman–Crippen MR) is 75.7 cm³/mol. The van der Waals surface area contributed by atoms with E-state index in [1.807, 2.05) is 0 Å². The van der Waals surface area contributed by atoms with Gasteiger partial charge in [-0.3, -0.25) is 4.79 Å². The molecule has 0 unspecified atom stereocenters. The van der Waals surface area contributed by atoms with Crippen molar-refractivity contribution in [3.05, 3.63) is 30.1 Å². The Morgan fingerprint density at radius 2 is 1.95 bits per heavy atom. The van der Waals surface area contributed by atoms with Crippen LogP contribution in [0.2, 0.25) is 0 Å². The number of likely N-dealkylation sites (N-methyl/N-ethyl adjacent to an activating group) is 1. The number of hydrogen-bond acceptors (Lipinski definition) is 3. The highest BCUT2D eigenvalue weighted by Crippen LogP contribution is 2.11. The molecule has 4 nitrogen and oxygen atoms in total. The standard InChI is InChI=1S/C14H22FN3O/c1-3-18(4-2)10-9-16-11-14(19)17-13-8-6-5-7-12(13)15/h5-8,16H,3-4,9-11H2,1-2H3,(H,17,19). The summed E-state index contributed by atoms with van der Waals surface area (Å²) in [5, 5.41) is 5.58. The van der Waals surface area contributed by atoms with E-state index in [-0.39, 0.29) is 18.1 Å². The normalized spacial score (nSPS) is 10.7. The molecule has 0 spiro atoms. The molecule has 0 saturated carbocycles. The van der Waals surface area contributed by atoms with Crippen LogP contribution < -0.4 is 10.6 Å². The molecule has 0 radical (unpaired) electrons. The molecule has 0 aromatic heterocycles. The van der Waals surface area contributed by atoms with Crippen LogP contribution in [0.15, 0.2) is 24.3 Å². The van der Waals surface area contributed by atoms with Crippen LogP contribution in [0.3, 0.4) is 0 Å². The maximum Gasteiger partial charge on any atom is 0.238 e. The van der Waals surface area contributed by atoms with Crippen LogP contribution in [-0.2, 0) is 4.79 Å². The monoisotopic (exact) mass is 267 g/mol. The first-order valence-corrected chi connectivity index (χ1v) is 6.64. The average Bonchev–Trinajstić information content (AvgIpc) is 2.42. The molecular formula is C14H22FN3O. The zero-order valence-corrected chi connectivity index (χ0v) is 11.6. The van der Waals surface area contributed by atoms with Gasteiger partial charge in [0.05, 0.1) is 12.2 Å². The van der Waals surface area contributed by atoms with Crippen molar-refractivity contribution in [3.8, 4) is 0 Å². The van der Waals surface area contributed by atoms with Crippen molar-refractivity contribution in [1.82, 2.24) is 10.2 Å². The van der Waals surface area contributed by atoms with Gasteiger partial charge in [-0.2, -0.15) is 0 Å². The van der Waals surface area contributed by atoms with Gasteiger partial charge in [-0.15, -0.1) is 0 Å². The fraction of sp³-hybridized carbons (Fsp3) is 0.500. The van der Waals surface area contributed by atoms with Crippen molar-refractivity contribution in [3.63, 3.8) is 0 Å². The maximum atomic E-state index is 13.3. The van der Waals surface area contributed by atoms with Gasteiger partial charge >= 0.3 is 0 Å². The topological polar surface area (TPSA) is 44.4 Å². The Hall–Kier alpha value is -1.46. The number of carbonyl (C=O) groups is 1. The Morgan fingerprint density at radius 1 is 1.26 bits per heavy atom. The molecule has 0 bridgehead atoms. The van der Waals surface area contributed by atoms with E-state index in [0.717, 1.165) is 26.2 Å². The van der Waals surface area contributed by atoms with Gasteiger partial charge in [0, 0.05) is 13.1 Å². The Kier molecular flexibility index (Phi) is 7.07. The average molecular weight is 267 g/mol. The number of carbonyl (C=O) groups excluding carboxylic acids is 1. The van der Waals surface area contributed by atoms with E-state index in [4.69, 9.17) is 0 Å². The summed E-state index contributed by atoms with van der Waals surface area (Å²) in [6, 6.07) is 6.15. The minimum atomic E-state index is -0.418. The summed E-state index contributed by atoms with van der Waals surface area (Å²) >= 11 is 0. The number of anilines is 1. The van der Waals surface area contributed by atoms with Crippen LogP contribution in [0.5, 0.6) is 0 Å². The molecule has 0 atom stereocenters. The van der Waals surface area contributed by atoms with Crippen molar-refractivity contribution in [2.45, 2.75) is 13.8 Å². The molecule has 1 aromatic rings. The van der Waals surface area contributed by atoms with E-state index in [1.165, 1.54) is 6.07 Å². The quantitative estimate of drug-likeness (QED) is 0.705. The first kappa shape index (κ1) is 15.6. The fourth-order valence-electron chi connectivity index (χ4n) is 1.74. The van der Waals surface area contributed by atoms with E-state index in [1.54, 1.807) is 18.2 Å². The largest absolute Gasteiger partial charge is 0.322 e. The summed E-state index contributed by atoms with van der Waals surface area (Å²) in [6.45, 7) is 8.05. The minimum Gasteiger partial charge on any atom is -0.322 e. The number of nitrogens with zero attached hydrogens (tertiary/aromatic N) is 1. The summed E-state index contributed by atoms with van der Waals surface area (Å²) in [7, 11) is 0. The van der Waals surface area contributed by atoms with Crippen LogP contribution in [0.1, 0.15) is 13.8 Å². The summed E-state index contributed by atoms with van der Waals surface area (Å²) in [6.07, 6.45) is 0. The second kappa shape index (κ2) is 8.61. The second-order valence-corrected chi connectivity index (χ2v) is 4.23. The van der Waals surface area contributed by atoms with Gasteiger partial charge in [-0.05, 0) is 25.2 Å². The first-order chi connectivity index (χ1) is 9.17. The number of rotatable bonds is 8. The molecule has 0 heterocycles. The summed E-state index contributed by atoms with van der Waals surface area (Å²) in [4.78, 5) is 13.9. The van der Waals surface area contributed by atoms with Gasteiger partial charge in [0.1, 0.15) is 5.82 Å². The van der Waals surface area contributed by atoms with Gasteiger partial charge in [0.25, 0.3) is 0 Å². The molecule has 0 aliphatic carbocycles. The van der Waals surface area contributed by atoms with Gasteiger partial charge in [0.15, 0.2) is 0 Å². The molecule has 1 rings (SSSR count). The van der Waals surface area contributed by atoms with Crippen molar-refractivity contribution in [1.29, 1.82) is 0 Å². The first-order valence-electron chi connectivity index (χ1n) is 6.64. The van der Waals surface area contributed by atoms with Crippen LogP contribution in [-0.4, -0.2) is 43.5 Å². The third-order valence-electron chi connectivity index (χ3n) is 2.93. The molecule has 0 fully saturated rings. The third-order valence-corrected chi connectivity index (χ3v) is 2.93. The molecule has 106 valence electrons. The van der Waals surface area contributed by atoms with Gasteiger partial charge in [0.2, 0.25) is 5.91 Å². The zero-order valence-electron chi connectivity index (χ0n) is 11.6. The van der Waals surface area contributed by atoms with Gasteiger partial charge < -0.3 is 15.5 Å². The minimum absolute atomic E-state index is 0.190. The van der Waals surface area contributed by atoms with Crippen LogP contribution in [0.4, 0.5) is 10.1 Å². The molecule has 0 aliphatic heterocycles. The third kappa shape index (κ3) is 5.81. The van der Waals surface area contributed by atoms with E-state index >= 15 is 0 Å². The Bertz CT molecular complexity index is 394. The lowest BCUT2D eigenvalue weighted by molar-refractivity contribution is -0.115. The number of amides is 1. The Balaban J connectivity index is 2.24. The highest BCUT2D eigenvalue weighted by Gasteiger charge is 2.05. The fourth-order valence-corrected chi connectivity index (χ4v) is 1.74. The molecule has 1 amide bonds. The number of hydrogen-bond donors (Lipinski definition) is 2. The Labute approximate surface area is 114 Å². The SMILES string of the molecule is CCN(CC)CCNCC(=O)Nc1ccccc1F. The summed E-state index contributed by atoms with van der Waals surface area (Å²) in [5.41, 5.74) is 0.220. The summed E-state index contributed by atoms with van der Waals surface area (Å²) < 4.78 is 13.3. The smallest absolute Gasteiger partial charge is 0.238 e. The van der Waals surface area contributed by atoms with E-state index in [0.29, 0.717) is 0 Å². The van der Waals surface area contributed by atoms with E-state index in [2.05, 4.69) is 29.4 Å². The lowest BCUT2D eigenvalue weighted by Crippen LogP contribution is -2.35. The number of benzene rings is 1. The molecule has 2 N–H and O–H groups in total. The van der Waals surface area contributed by atoms with Crippen molar-refractivity contribution >= 4 is 11.6 Å². The van der Waals surface area contributed by atoms with Gasteiger partial charge in [-0.25, -0.2) is 4.39 Å². The molecule has 19 heavy (non-hydrogen) atoms. The zero-order chi connectivity index (χ0) is 14.1. The molecule has 5 heteroatoms. The number of halogens is 1. The highest BCUT2D eigenvalue weighted by molar-refractivity contribution is 5.92. The van der Waals surface area contributed by atoms with E-state index in [9.17, 15) is 9.18 Å². The second-order valence-electron chi connectivity index (χ2n) is 4.23. The molecular weight excluding hydrogens is 245 g/mol. The lowest BCUT2D eigenvalue weighted by atomic mass is 10.3. The van der Waals surface area contributed by atoms with Crippen molar-refractivity contribution in [2.75, 3.05) is 38.0 Å². The molecule has 0 aliphatic rings. The maximum absolute atomic E-state index is 13.3. The van der Waals surface area contributed by atoms with Crippen LogP contribution >= 0.6 is 0 Å².